The Balaban J connectivity index is 2.24. The summed E-state index contributed by atoms with van der Waals surface area (Å²) >= 11 is 0. The first kappa shape index (κ1) is 10.4. The summed E-state index contributed by atoms with van der Waals surface area (Å²) in [5.74, 6) is 0. The topological polar surface area (TPSA) is 29.1 Å². The van der Waals surface area contributed by atoms with Crippen molar-refractivity contribution in [2.75, 3.05) is 0 Å². The summed E-state index contributed by atoms with van der Waals surface area (Å²) in [5.41, 5.74) is 1.31. The van der Waals surface area contributed by atoms with Crippen molar-refractivity contribution in [3.63, 3.8) is 0 Å². The summed E-state index contributed by atoms with van der Waals surface area (Å²) in [7, 11) is 0.616. The first-order valence-electron chi connectivity index (χ1n) is 4.30. The van der Waals surface area contributed by atoms with Gasteiger partial charge in [0.05, 0.1) is 6.04 Å². The highest BCUT2D eigenvalue weighted by molar-refractivity contribution is 7.34. The van der Waals surface area contributed by atoms with Crippen LogP contribution in [0.1, 0.15) is 12.5 Å². The van der Waals surface area contributed by atoms with Crippen LogP contribution in [0.25, 0.3) is 0 Å². The normalized spacial score (nSPS) is 13.3. The Morgan fingerprint density at radius 3 is 2.77 bits per heavy atom. The Morgan fingerprint density at radius 2 is 2.15 bits per heavy atom. The molecule has 3 heteroatoms. The van der Waals surface area contributed by atoms with Gasteiger partial charge >= 0.3 is 0 Å². The fourth-order valence-corrected chi connectivity index (χ4v) is 1.88. The zero-order valence-corrected chi connectivity index (χ0v) is 8.66. The van der Waals surface area contributed by atoms with E-state index in [9.17, 15) is 4.79 Å². The predicted octanol–water partition coefficient (Wildman–Crippen LogP) is 1.96. The summed E-state index contributed by atoms with van der Waals surface area (Å²) < 4.78 is 0. The first-order valence-corrected chi connectivity index (χ1v) is 5.51. The van der Waals surface area contributed by atoms with Gasteiger partial charge in [0.15, 0.2) is 0 Å². The number of rotatable bonds is 5. The van der Waals surface area contributed by atoms with E-state index in [4.69, 9.17) is 0 Å². The van der Waals surface area contributed by atoms with Crippen molar-refractivity contribution in [2.24, 2.45) is 0 Å². The third-order valence-electron chi connectivity index (χ3n) is 1.67. The van der Waals surface area contributed by atoms with Crippen LogP contribution in [-0.2, 0) is 11.0 Å². The van der Waals surface area contributed by atoms with E-state index in [1.165, 1.54) is 5.56 Å². The molecule has 0 radical (unpaired) electrons. The van der Waals surface area contributed by atoms with Crippen molar-refractivity contribution in [3.8, 4) is 0 Å². The van der Waals surface area contributed by atoms with Gasteiger partial charge in [-0.2, -0.15) is 0 Å². The summed E-state index contributed by atoms with van der Waals surface area (Å²) in [6.07, 6.45) is 1.93. The van der Waals surface area contributed by atoms with Gasteiger partial charge in [0, 0.05) is 6.16 Å². The van der Waals surface area contributed by atoms with Crippen LogP contribution in [-0.4, -0.2) is 12.3 Å². The molecular weight excluding hydrogens is 181 g/mol. The maximum Gasteiger partial charge on any atom is 0.136 e. The van der Waals surface area contributed by atoms with Crippen molar-refractivity contribution in [1.82, 2.24) is 5.09 Å². The highest BCUT2D eigenvalue weighted by atomic mass is 31.1. The molecule has 13 heavy (non-hydrogen) atoms. The van der Waals surface area contributed by atoms with Crippen LogP contribution in [0.15, 0.2) is 30.3 Å². The molecule has 0 spiro atoms. The van der Waals surface area contributed by atoms with Crippen LogP contribution in [0.2, 0.25) is 0 Å². The minimum absolute atomic E-state index is 0.0259. The highest BCUT2D eigenvalue weighted by Gasteiger charge is 1.96. The van der Waals surface area contributed by atoms with Crippen LogP contribution in [0, 0.1) is 0 Å². The lowest BCUT2D eigenvalue weighted by Crippen LogP contribution is -2.18. The Labute approximate surface area is 80.6 Å². The van der Waals surface area contributed by atoms with Gasteiger partial charge in [-0.15, -0.1) is 0 Å². The molecule has 0 aromatic heterocycles. The smallest absolute Gasteiger partial charge is 0.136 e. The summed E-state index contributed by atoms with van der Waals surface area (Å²) in [6, 6.07) is 10.2. The maximum absolute atomic E-state index is 10.3. The van der Waals surface area contributed by atoms with E-state index in [2.05, 4.69) is 17.2 Å². The van der Waals surface area contributed by atoms with Crippen molar-refractivity contribution < 1.29 is 4.79 Å². The van der Waals surface area contributed by atoms with Crippen molar-refractivity contribution in [3.05, 3.63) is 35.9 Å². The van der Waals surface area contributed by atoms with Gasteiger partial charge in [0.2, 0.25) is 0 Å². The standard InChI is InChI=1S/C10H14NOP/c1-9(7-12)11-13-8-10-5-3-2-4-6-10/h2-7,9,11,13H,8H2,1H3/t9-/m0/s1. The molecule has 0 bridgehead atoms. The molecule has 0 heterocycles. The lowest BCUT2D eigenvalue weighted by atomic mass is 10.2. The molecular formula is C10H14NOP. The molecule has 1 N–H and O–H groups in total. The van der Waals surface area contributed by atoms with E-state index in [-0.39, 0.29) is 6.04 Å². The molecule has 1 rings (SSSR count). The number of hydrogen-bond acceptors (Lipinski definition) is 2. The van der Waals surface area contributed by atoms with Crippen LogP contribution < -0.4 is 5.09 Å². The monoisotopic (exact) mass is 195 g/mol. The van der Waals surface area contributed by atoms with Gasteiger partial charge in [-0.1, -0.05) is 30.3 Å². The lowest BCUT2D eigenvalue weighted by Gasteiger charge is -2.06. The first-order chi connectivity index (χ1) is 6.33. The molecule has 0 fully saturated rings. The minimum Gasteiger partial charge on any atom is -0.302 e. The lowest BCUT2D eigenvalue weighted by molar-refractivity contribution is -0.108. The van der Waals surface area contributed by atoms with Gasteiger partial charge in [-0.25, -0.2) is 0 Å². The number of nitrogens with one attached hydrogen (secondary N) is 1. The zero-order chi connectivity index (χ0) is 9.52. The number of benzene rings is 1. The Morgan fingerprint density at radius 1 is 1.46 bits per heavy atom. The molecule has 0 saturated carbocycles. The van der Waals surface area contributed by atoms with Gasteiger partial charge in [-0.3, -0.25) is 5.09 Å². The van der Waals surface area contributed by atoms with E-state index < -0.39 is 0 Å². The second kappa shape index (κ2) is 5.85. The van der Waals surface area contributed by atoms with Crippen molar-refractivity contribution in [2.45, 2.75) is 19.1 Å². The molecule has 0 aliphatic carbocycles. The molecule has 70 valence electrons. The van der Waals surface area contributed by atoms with Gasteiger partial charge < -0.3 is 4.79 Å². The van der Waals surface area contributed by atoms with Crippen LogP contribution >= 0.6 is 8.73 Å². The third-order valence-corrected chi connectivity index (χ3v) is 2.91. The average molecular weight is 195 g/mol. The minimum atomic E-state index is -0.0259. The zero-order valence-electron chi connectivity index (χ0n) is 7.66. The van der Waals surface area contributed by atoms with Gasteiger partial charge in [0.1, 0.15) is 6.29 Å². The Kier molecular flexibility index (Phi) is 4.66. The van der Waals surface area contributed by atoms with Crippen LogP contribution in [0.4, 0.5) is 0 Å². The van der Waals surface area contributed by atoms with Crippen molar-refractivity contribution >= 4 is 15.0 Å². The van der Waals surface area contributed by atoms with Crippen molar-refractivity contribution in [1.29, 1.82) is 0 Å². The largest absolute Gasteiger partial charge is 0.302 e. The number of carbonyl (C=O) groups excluding carboxylic acids is 1. The molecule has 2 nitrogen and oxygen atoms in total. The maximum atomic E-state index is 10.3. The van der Waals surface area contributed by atoms with Gasteiger partial charge in [-0.05, 0) is 21.2 Å². The SMILES string of the molecule is C[C@@H](C=O)NPCc1ccccc1. The Bertz CT molecular complexity index is 250. The Hall–Kier alpha value is -0.720. The molecule has 0 amide bonds. The molecule has 0 aliphatic heterocycles. The molecule has 2 atom stereocenters. The van der Waals surface area contributed by atoms with E-state index in [0.717, 1.165) is 12.4 Å². The molecule has 0 saturated heterocycles. The second-order valence-electron chi connectivity index (χ2n) is 2.91. The number of hydrogen-bond donors (Lipinski definition) is 1. The quantitative estimate of drug-likeness (QED) is 0.574. The highest BCUT2D eigenvalue weighted by Crippen LogP contribution is 2.14. The second-order valence-corrected chi connectivity index (χ2v) is 3.90. The fraction of sp³-hybridized carbons (Fsp3) is 0.300. The third kappa shape index (κ3) is 4.16. The summed E-state index contributed by atoms with van der Waals surface area (Å²) in [5, 5.41) is 3.14. The number of carbonyl (C=O) groups is 1. The molecule has 1 unspecified atom stereocenters. The summed E-state index contributed by atoms with van der Waals surface area (Å²) in [4.78, 5) is 10.3. The number of aldehydes is 1. The molecule has 1 aromatic rings. The predicted molar refractivity (Wildman–Crippen MR) is 57.1 cm³/mol. The van der Waals surface area contributed by atoms with E-state index >= 15 is 0 Å². The molecule has 0 aliphatic rings. The van der Waals surface area contributed by atoms with Gasteiger partial charge in [0.25, 0.3) is 0 Å². The van der Waals surface area contributed by atoms with E-state index in [1.54, 1.807) is 0 Å². The summed E-state index contributed by atoms with van der Waals surface area (Å²) in [6.45, 7) is 1.87. The van der Waals surface area contributed by atoms with Crippen LogP contribution in [0.5, 0.6) is 0 Å². The molecule has 1 aromatic carbocycles. The van der Waals surface area contributed by atoms with Crippen LogP contribution in [0.3, 0.4) is 0 Å². The average Bonchev–Trinajstić information content (AvgIpc) is 2.19. The fourth-order valence-electron chi connectivity index (χ4n) is 0.944. The van der Waals surface area contributed by atoms with E-state index in [0.29, 0.717) is 8.73 Å². The van der Waals surface area contributed by atoms with E-state index in [1.807, 2.05) is 25.1 Å².